The van der Waals surface area contributed by atoms with Crippen molar-refractivity contribution < 1.29 is 14.3 Å². The summed E-state index contributed by atoms with van der Waals surface area (Å²) in [6, 6.07) is 24.5. The number of rotatable bonds is 10. The second-order valence-corrected chi connectivity index (χ2v) is 7.47. The van der Waals surface area contributed by atoms with E-state index in [1.807, 2.05) is 54.6 Å². The molecule has 0 saturated carbocycles. The molecule has 160 valence electrons. The second kappa shape index (κ2) is 11.9. The van der Waals surface area contributed by atoms with E-state index in [9.17, 15) is 9.59 Å². The molecule has 0 aliphatic rings. The van der Waals surface area contributed by atoms with Crippen LogP contribution in [-0.2, 0) is 29.3 Å². The Labute approximate surface area is 187 Å². The average Bonchev–Trinajstić information content (AvgIpc) is 2.79. The Balaban J connectivity index is 1.40. The van der Waals surface area contributed by atoms with Gasteiger partial charge < -0.3 is 15.4 Å². The van der Waals surface area contributed by atoms with Crippen LogP contribution in [0.2, 0.25) is 5.02 Å². The molecule has 2 amide bonds. The number of ether oxygens (including phenoxy) is 1. The topological polar surface area (TPSA) is 67.4 Å². The summed E-state index contributed by atoms with van der Waals surface area (Å²) in [5, 5.41) is 6.22. The molecule has 0 saturated heterocycles. The van der Waals surface area contributed by atoms with E-state index in [-0.39, 0.29) is 24.8 Å². The van der Waals surface area contributed by atoms with E-state index in [0.29, 0.717) is 30.3 Å². The first kappa shape index (κ1) is 22.5. The fraction of sp³-hybridized carbons (Fsp3) is 0.200. The summed E-state index contributed by atoms with van der Waals surface area (Å²) in [5.41, 5.74) is 3.67. The largest absolute Gasteiger partial charge is 0.372 e. The summed E-state index contributed by atoms with van der Waals surface area (Å²) in [6.45, 7) is 1.68. The average molecular weight is 437 g/mol. The van der Waals surface area contributed by atoms with Crippen LogP contribution in [0.5, 0.6) is 0 Å². The van der Waals surface area contributed by atoms with E-state index in [4.69, 9.17) is 16.3 Å². The minimum absolute atomic E-state index is 0.128. The molecule has 31 heavy (non-hydrogen) atoms. The summed E-state index contributed by atoms with van der Waals surface area (Å²) < 4.78 is 5.83. The highest BCUT2D eigenvalue weighted by molar-refractivity contribution is 6.30. The molecule has 3 aromatic carbocycles. The molecule has 0 bridgehead atoms. The van der Waals surface area contributed by atoms with Gasteiger partial charge in [0.15, 0.2) is 0 Å². The predicted molar refractivity (Wildman–Crippen MR) is 122 cm³/mol. The van der Waals surface area contributed by atoms with Gasteiger partial charge in [0.1, 0.15) is 0 Å². The molecule has 0 radical (unpaired) electrons. The van der Waals surface area contributed by atoms with Crippen LogP contribution in [0.15, 0.2) is 78.9 Å². The van der Waals surface area contributed by atoms with Crippen molar-refractivity contribution in [2.75, 3.05) is 6.54 Å². The lowest BCUT2D eigenvalue weighted by molar-refractivity contribution is -0.121. The van der Waals surface area contributed by atoms with E-state index >= 15 is 0 Å². The molecule has 0 aliphatic heterocycles. The maximum absolute atomic E-state index is 12.2. The lowest BCUT2D eigenvalue weighted by Crippen LogP contribution is -2.30. The first-order valence-electron chi connectivity index (χ1n) is 10.1. The number of nitrogens with one attached hydrogen (secondary N) is 2. The molecule has 0 atom stereocenters. The standard InChI is InChI=1S/C25H25ClN2O3/c26-23-12-10-20(11-13-23)25(30)27-15-14-24(29)28-16-21-8-4-5-9-22(21)18-31-17-19-6-2-1-3-7-19/h1-13H,14-18H2,(H,27,30)(H,28,29). The zero-order valence-corrected chi connectivity index (χ0v) is 17.9. The Morgan fingerprint density at radius 3 is 2.19 bits per heavy atom. The van der Waals surface area contributed by atoms with Crippen molar-refractivity contribution in [3.8, 4) is 0 Å². The molecule has 3 aromatic rings. The van der Waals surface area contributed by atoms with Crippen LogP contribution in [0.1, 0.15) is 33.5 Å². The molecule has 2 N–H and O–H groups in total. The maximum atomic E-state index is 12.2. The van der Waals surface area contributed by atoms with Crippen LogP contribution in [0.25, 0.3) is 0 Å². The number of amides is 2. The smallest absolute Gasteiger partial charge is 0.251 e. The highest BCUT2D eigenvalue weighted by atomic mass is 35.5. The Morgan fingerprint density at radius 2 is 1.45 bits per heavy atom. The molecule has 0 aliphatic carbocycles. The van der Waals surface area contributed by atoms with E-state index in [0.717, 1.165) is 16.7 Å². The monoisotopic (exact) mass is 436 g/mol. The van der Waals surface area contributed by atoms with E-state index < -0.39 is 0 Å². The van der Waals surface area contributed by atoms with E-state index in [2.05, 4.69) is 10.6 Å². The molecule has 0 spiro atoms. The van der Waals surface area contributed by atoms with Crippen molar-refractivity contribution >= 4 is 23.4 Å². The normalized spacial score (nSPS) is 10.5. The van der Waals surface area contributed by atoms with Crippen LogP contribution in [0, 0.1) is 0 Å². The fourth-order valence-electron chi connectivity index (χ4n) is 3.00. The molecular weight excluding hydrogens is 412 g/mol. The fourth-order valence-corrected chi connectivity index (χ4v) is 3.12. The van der Waals surface area contributed by atoms with Gasteiger partial charge in [-0.2, -0.15) is 0 Å². The highest BCUT2D eigenvalue weighted by Crippen LogP contribution is 2.12. The number of carbonyl (C=O) groups excluding carboxylic acids is 2. The first-order chi connectivity index (χ1) is 15.1. The lowest BCUT2D eigenvalue weighted by atomic mass is 10.1. The van der Waals surface area contributed by atoms with E-state index in [1.54, 1.807) is 24.3 Å². The zero-order valence-electron chi connectivity index (χ0n) is 17.1. The van der Waals surface area contributed by atoms with Gasteiger partial charge in [0.25, 0.3) is 5.91 Å². The molecule has 6 heteroatoms. The predicted octanol–water partition coefficient (Wildman–Crippen LogP) is 4.49. The Kier molecular flexibility index (Phi) is 8.64. The van der Waals surface area contributed by atoms with Crippen molar-refractivity contribution in [3.63, 3.8) is 0 Å². The summed E-state index contributed by atoms with van der Waals surface area (Å²) in [5.74, 6) is -0.359. The third kappa shape index (κ3) is 7.55. The second-order valence-electron chi connectivity index (χ2n) is 7.04. The number of halogens is 1. The zero-order chi connectivity index (χ0) is 21.9. The molecule has 0 heterocycles. The molecule has 3 rings (SSSR count). The minimum Gasteiger partial charge on any atom is -0.372 e. The number of hydrogen-bond donors (Lipinski definition) is 2. The summed E-state index contributed by atoms with van der Waals surface area (Å²) >= 11 is 5.82. The molecule has 0 unspecified atom stereocenters. The SMILES string of the molecule is O=C(CCNC(=O)c1ccc(Cl)cc1)NCc1ccccc1COCc1ccccc1. The molecule has 0 fully saturated rings. The van der Waals surface area contributed by atoms with Crippen LogP contribution in [0.4, 0.5) is 0 Å². The Morgan fingerprint density at radius 1 is 0.774 bits per heavy atom. The van der Waals surface area contributed by atoms with Gasteiger partial charge in [-0.05, 0) is 41.0 Å². The van der Waals surface area contributed by atoms with Gasteiger partial charge >= 0.3 is 0 Å². The van der Waals surface area contributed by atoms with Gasteiger partial charge in [-0.3, -0.25) is 9.59 Å². The lowest BCUT2D eigenvalue weighted by Gasteiger charge is -2.12. The van der Waals surface area contributed by atoms with Crippen molar-refractivity contribution in [1.82, 2.24) is 10.6 Å². The highest BCUT2D eigenvalue weighted by Gasteiger charge is 2.08. The number of benzene rings is 3. The van der Waals surface area contributed by atoms with Gasteiger partial charge in [0.2, 0.25) is 5.91 Å². The van der Waals surface area contributed by atoms with Crippen LogP contribution < -0.4 is 10.6 Å². The Hall–Kier alpha value is -3.15. The Bertz CT molecular complexity index is 991. The van der Waals surface area contributed by atoms with Crippen LogP contribution >= 0.6 is 11.6 Å². The van der Waals surface area contributed by atoms with Gasteiger partial charge in [0.05, 0.1) is 13.2 Å². The number of carbonyl (C=O) groups is 2. The van der Waals surface area contributed by atoms with Crippen molar-refractivity contribution in [2.24, 2.45) is 0 Å². The van der Waals surface area contributed by atoms with Crippen molar-refractivity contribution in [2.45, 2.75) is 26.2 Å². The van der Waals surface area contributed by atoms with Gasteiger partial charge in [-0.15, -0.1) is 0 Å². The van der Waals surface area contributed by atoms with Crippen LogP contribution in [0.3, 0.4) is 0 Å². The van der Waals surface area contributed by atoms with Crippen LogP contribution in [-0.4, -0.2) is 18.4 Å². The molecule has 0 aromatic heterocycles. The van der Waals surface area contributed by atoms with Crippen molar-refractivity contribution in [1.29, 1.82) is 0 Å². The third-order valence-corrected chi connectivity index (χ3v) is 4.96. The minimum atomic E-state index is -0.231. The molecular formula is C25H25ClN2O3. The summed E-state index contributed by atoms with van der Waals surface area (Å²) in [7, 11) is 0. The molecule has 5 nitrogen and oxygen atoms in total. The quantitative estimate of drug-likeness (QED) is 0.492. The van der Waals surface area contributed by atoms with Gasteiger partial charge in [-0.25, -0.2) is 0 Å². The summed E-state index contributed by atoms with van der Waals surface area (Å²) in [4.78, 5) is 24.2. The van der Waals surface area contributed by atoms with Gasteiger partial charge in [0, 0.05) is 30.1 Å². The first-order valence-corrected chi connectivity index (χ1v) is 10.5. The summed E-state index contributed by atoms with van der Waals surface area (Å²) in [6.07, 6.45) is 0.200. The van der Waals surface area contributed by atoms with E-state index in [1.165, 1.54) is 0 Å². The number of hydrogen-bond acceptors (Lipinski definition) is 3. The third-order valence-electron chi connectivity index (χ3n) is 4.71. The van der Waals surface area contributed by atoms with Crippen molar-refractivity contribution in [3.05, 3.63) is 106 Å². The maximum Gasteiger partial charge on any atom is 0.251 e. The van der Waals surface area contributed by atoms with Gasteiger partial charge in [-0.1, -0.05) is 66.2 Å².